The summed E-state index contributed by atoms with van der Waals surface area (Å²) >= 11 is 0. The number of hydrogen-bond acceptors (Lipinski definition) is 5. The van der Waals surface area contributed by atoms with E-state index in [1.54, 1.807) is 7.11 Å². The third-order valence-corrected chi connectivity index (χ3v) is 5.24. The van der Waals surface area contributed by atoms with E-state index in [0.717, 1.165) is 30.6 Å². The van der Waals surface area contributed by atoms with Gasteiger partial charge in [-0.1, -0.05) is 31.9 Å². The van der Waals surface area contributed by atoms with Crippen molar-refractivity contribution in [3.05, 3.63) is 35.5 Å². The molecule has 0 bridgehead atoms. The molecule has 2 amide bonds. The predicted octanol–water partition coefficient (Wildman–Crippen LogP) is 3.07. The largest absolute Gasteiger partial charge is 0.497 e. The van der Waals surface area contributed by atoms with Crippen molar-refractivity contribution in [3.8, 4) is 5.75 Å². The minimum Gasteiger partial charge on any atom is -0.497 e. The van der Waals surface area contributed by atoms with Gasteiger partial charge < -0.3 is 14.4 Å². The first-order valence-electron chi connectivity index (χ1n) is 10.1. The zero-order chi connectivity index (χ0) is 20.3. The summed E-state index contributed by atoms with van der Waals surface area (Å²) in [6, 6.07) is 7.34. The molecule has 152 valence electrons. The molecule has 2 unspecified atom stereocenters. The van der Waals surface area contributed by atoms with Crippen LogP contribution in [0.1, 0.15) is 45.6 Å². The van der Waals surface area contributed by atoms with Crippen LogP contribution in [0.5, 0.6) is 5.75 Å². The van der Waals surface area contributed by atoms with Gasteiger partial charge in [0.1, 0.15) is 11.4 Å². The van der Waals surface area contributed by atoms with Crippen molar-refractivity contribution in [3.63, 3.8) is 0 Å². The van der Waals surface area contributed by atoms with E-state index in [1.807, 2.05) is 43.0 Å². The smallest absolute Gasteiger partial charge is 0.277 e. The van der Waals surface area contributed by atoms with Gasteiger partial charge in [0.15, 0.2) is 0 Å². The van der Waals surface area contributed by atoms with Gasteiger partial charge in [-0.05, 0) is 38.0 Å². The Morgan fingerprint density at radius 3 is 2.25 bits per heavy atom. The highest BCUT2D eigenvalue weighted by Crippen LogP contribution is 2.34. The molecular formula is C22H30N2O4. The number of ether oxygens (including phenoxy) is 2. The second-order valence-corrected chi connectivity index (χ2v) is 7.58. The molecule has 1 fully saturated rings. The third kappa shape index (κ3) is 4.07. The molecule has 1 aromatic carbocycles. The number of benzene rings is 1. The van der Waals surface area contributed by atoms with Crippen LogP contribution >= 0.6 is 0 Å². The number of rotatable bonds is 7. The number of methoxy groups -OCH3 is 1. The fourth-order valence-corrected chi connectivity index (χ4v) is 3.96. The Kier molecular flexibility index (Phi) is 6.39. The molecule has 3 rings (SSSR count). The van der Waals surface area contributed by atoms with Crippen LogP contribution in [-0.4, -0.2) is 60.6 Å². The van der Waals surface area contributed by atoms with Crippen molar-refractivity contribution in [2.24, 2.45) is 0 Å². The summed E-state index contributed by atoms with van der Waals surface area (Å²) in [6.07, 6.45) is 2.87. The summed E-state index contributed by atoms with van der Waals surface area (Å²) in [5.41, 5.74) is 1.75. The van der Waals surface area contributed by atoms with E-state index in [1.165, 1.54) is 4.90 Å². The first kappa shape index (κ1) is 20.4. The van der Waals surface area contributed by atoms with Gasteiger partial charge >= 0.3 is 0 Å². The number of carbonyl (C=O) groups excluding carboxylic acids is 2. The van der Waals surface area contributed by atoms with Crippen LogP contribution in [0.2, 0.25) is 0 Å². The Morgan fingerprint density at radius 1 is 1.04 bits per heavy atom. The van der Waals surface area contributed by atoms with Gasteiger partial charge in [-0.3, -0.25) is 14.5 Å². The zero-order valence-electron chi connectivity index (χ0n) is 17.2. The summed E-state index contributed by atoms with van der Waals surface area (Å²) < 4.78 is 11.1. The molecule has 2 aliphatic rings. The van der Waals surface area contributed by atoms with Crippen LogP contribution in [-0.2, 0) is 14.3 Å². The monoisotopic (exact) mass is 386 g/mol. The Bertz CT molecular complexity index is 746. The highest BCUT2D eigenvalue weighted by molar-refractivity contribution is 6.35. The summed E-state index contributed by atoms with van der Waals surface area (Å²) in [5, 5.41) is 0. The second kappa shape index (κ2) is 8.78. The predicted molar refractivity (Wildman–Crippen MR) is 108 cm³/mol. The highest BCUT2D eigenvalue weighted by atomic mass is 16.5. The molecule has 1 aromatic rings. The lowest BCUT2D eigenvalue weighted by Gasteiger charge is -2.37. The van der Waals surface area contributed by atoms with Crippen molar-refractivity contribution < 1.29 is 19.1 Å². The van der Waals surface area contributed by atoms with Gasteiger partial charge in [-0.2, -0.15) is 0 Å². The number of morpholine rings is 1. The van der Waals surface area contributed by atoms with Crippen LogP contribution in [0.25, 0.3) is 5.57 Å². The van der Waals surface area contributed by atoms with Crippen molar-refractivity contribution >= 4 is 17.4 Å². The van der Waals surface area contributed by atoms with Gasteiger partial charge in [0, 0.05) is 19.6 Å². The minimum atomic E-state index is -0.201. The van der Waals surface area contributed by atoms with E-state index >= 15 is 0 Å². The van der Waals surface area contributed by atoms with Crippen molar-refractivity contribution in [2.45, 2.75) is 52.2 Å². The van der Waals surface area contributed by atoms with E-state index in [0.29, 0.717) is 30.9 Å². The molecule has 0 N–H and O–H groups in total. The van der Waals surface area contributed by atoms with Crippen molar-refractivity contribution in [2.75, 3.05) is 26.7 Å². The zero-order valence-corrected chi connectivity index (χ0v) is 17.2. The SMILES string of the molecule is CCCCCN1C(=O)C(c2ccc(OC)cc2)=C(N2CC(C)OC(C)C2)C1=O. The van der Waals surface area contributed by atoms with E-state index in [-0.39, 0.29) is 24.0 Å². The van der Waals surface area contributed by atoms with E-state index in [9.17, 15) is 9.59 Å². The molecule has 6 heteroatoms. The summed E-state index contributed by atoms with van der Waals surface area (Å²) in [7, 11) is 1.61. The van der Waals surface area contributed by atoms with Gasteiger partial charge in [0.25, 0.3) is 11.8 Å². The topological polar surface area (TPSA) is 59.1 Å². The fraction of sp³-hybridized carbons (Fsp3) is 0.545. The number of hydrogen-bond donors (Lipinski definition) is 0. The lowest BCUT2D eigenvalue weighted by Crippen LogP contribution is -2.47. The molecule has 0 aromatic heterocycles. The highest BCUT2D eigenvalue weighted by Gasteiger charge is 2.42. The first-order chi connectivity index (χ1) is 13.5. The third-order valence-electron chi connectivity index (χ3n) is 5.24. The van der Waals surface area contributed by atoms with Crippen LogP contribution < -0.4 is 4.74 Å². The van der Waals surface area contributed by atoms with Gasteiger partial charge in [-0.25, -0.2) is 0 Å². The second-order valence-electron chi connectivity index (χ2n) is 7.58. The van der Waals surface area contributed by atoms with Crippen LogP contribution in [0.3, 0.4) is 0 Å². The number of carbonyl (C=O) groups is 2. The van der Waals surface area contributed by atoms with Gasteiger partial charge in [-0.15, -0.1) is 0 Å². The molecule has 1 saturated heterocycles. The van der Waals surface area contributed by atoms with Crippen molar-refractivity contribution in [1.29, 1.82) is 0 Å². The summed E-state index contributed by atoms with van der Waals surface area (Å²) in [6.45, 7) is 7.76. The molecule has 0 radical (unpaired) electrons. The lowest BCUT2D eigenvalue weighted by atomic mass is 10.0. The average Bonchev–Trinajstić information content (AvgIpc) is 2.92. The summed E-state index contributed by atoms with van der Waals surface area (Å²) in [4.78, 5) is 29.9. The Labute approximate surface area is 167 Å². The normalized spacial score (nSPS) is 23.0. The van der Waals surface area contributed by atoms with E-state index in [4.69, 9.17) is 9.47 Å². The van der Waals surface area contributed by atoms with Crippen molar-refractivity contribution in [1.82, 2.24) is 9.80 Å². The maximum absolute atomic E-state index is 13.3. The standard InChI is InChI=1S/C22H30N2O4/c1-5-6-7-12-24-21(25)19(17-8-10-18(27-4)11-9-17)20(22(24)26)23-13-15(2)28-16(3)14-23/h8-11,15-16H,5-7,12-14H2,1-4H3. The van der Waals surface area contributed by atoms with E-state index in [2.05, 4.69) is 6.92 Å². The molecule has 2 atom stereocenters. The summed E-state index contributed by atoms with van der Waals surface area (Å²) in [5.74, 6) is 0.331. The van der Waals surface area contributed by atoms with Gasteiger partial charge in [0.05, 0.1) is 24.9 Å². The number of imide groups is 1. The molecule has 2 aliphatic heterocycles. The Morgan fingerprint density at radius 2 is 1.68 bits per heavy atom. The fourth-order valence-electron chi connectivity index (χ4n) is 3.96. The lowest BCUT2D eigenvalue weighted by molar-refractivity contribution is -0.138. The Balaban J connectivity index is 1.99. The molecular weight excluding hydrogens is 356 g/mol. The average molecular weight is 386 g/mol. The van der Waals surface area contributed by atoms with Gasteiger partial charge in [0.2, 0.25) is 0 Å². The molecule has 0 saturated carbocycles. The number of nitrogens with zero attached hydrogens (tertiary/aromatic N) is 2. The maximum Gasteiger partial charge on any atom is 0.277 e. The molecule has 6 nitrogen and oxygen atoms in total. The van der Waals surface area contributed by atoms with Crippen LogP contribution in [0.4, 0.5) is 0 Å². The molecule has 0 spiro atoms. The van der Waals surface area contributed by atoms with Crippen LogP contribution in [0.15, 0.2) is 30.0 Å². The minimum absolute atomic E-state index is 0.00501. The molecule has 0 aliphatic carbocycles. The first-order valence-corrected chi connectivity index (χ1v) is 10.1. The maximum atomic E-state index is 13.3. The quantitative estimate of drug-likeness (QED) is 0.532. The Hall–Kier alpha value is -2.34. The molecule has 2 heterocycles. The number of amides is 2. The molecule has 28 heavy (non-hydrogen) atoms. The van der Waals surface area contributed by atoms with Crippen LogP contribution in [0, 0.1) is 0 Å². The van der Waals surface area contributed by atoms with E-state index < -0.39 is 0 Å². The number of unbranched alkanes of at least 4 members (excludes halogenated alkanes) is 2.